The quantitative estimate of drug-likeness (QED) is 0.0947. The molecule has 2 unspecified atom stereocenters. The van der Waals surface area contributed by atoms with Crippen molar-refractivity contribution in [3.63, 3.8) is 0 Å². The van der Waals surface area contributed by atoms with E-state index >= 15 is 0 Å². The summed E-state index contributed by atoms with van der Waals surface area (Å²) >= 11 is 3.47. The maximum atomic E-state index is 11.3. The van der Waals surface area contributed by atoms with Crippen molar-refractivity contribution in [2.24, 2.45) is 0 Å². The average molecular weight is 683 g/mol. The van der Waals surface area contributed by atoms with Gasteiger partial charge in [0.15, 0.2) is 12.2 Å². The molecule has 4 aromatic rings. The second kappa shape index (κ2) is 19.7. The Labute approximate surface area is 291 Å². The SMILES string of the molecule is CCOC(Cc1ccc(SC/C=C\c2ccc(-c3ccc(/C=C/CSc4ccc(CC(OCC)C(=O)O)cc4)cc3)cc2)cc1)C(=O)O. The number of benzene rings is 4. The Balaban J connectivity index is 1.19. The molecule has 0 aliphatic heterocycles. The normalized spacial score (nSPS) is 12.8. The third-order valence-corrected chi connectivity index (χ3v) is 9.37. The van der Waals surface area contributed by atoms with Crippen molar-refractivity contribution in [2.45, 2.75) is 48.7 Å². The van der Waals surface area contributed by atoms with Crippen LogP contribution in [0, 0.1) is 0 Å². The predicted octanol–water partition coefficient (Wildman–Crippen LogP) is 9.03. The van der Waals surface area contributed by atoms with Crippen LogP contribution < -0.4 is 0 Å². The van der Waals surface area contributed by atoms with Crippen molar-refractivity contribution in [1.82, 2.24) is 0 Å². The highest BCUT2D eigenvalue weighted by Crippen LogP contribution is 2.24. The number of aliphatic carboxylic acids is 2. The number of ether oxygens (including phenoxy) is 2. The standard InChI is InChI=1S/C40H42O6S2/c1-3-45-37(39(41)42)27-31-13-21-35(22-14-31)47-25-5-7-29-9-17-33(18-10-29)34-19-11-30(12-20-34)8-6-26-48-36-23-15-32(16-24-36)28-38(40(43)44)46-4-2/h5-24,37-38H,3-4,25-28H2,1-2H3,(H,41,42)(H,43,44)/b7-5-,8-6+. The Bertz CT molecular complexity index is 1500. The van der Waals surface area contributed by atoms with Gasteiger partial charge in [0.05, 0.1) is 0 Å². The Hall–Kier alpha value is -4.08. The molecule has 8 heteroatoms. The Morgan fingerprint density at radius 3 is 1.25 bits per heavy atom. The second-order valence-electron chi connectivity index (χ2n) is 10.9. The number of rotatable bonds is 19. The molecule has 4 aromatic carbocycles. The molecule has 250 valence electrons. The van der Waals surface area contributed by atoms with Crippen molar-refractivity contribution in [2.75, 3.05) is 24.7 Å². The fourth-order valence-corrected chi connectivity index (χ4v) is 6.37. The summed E-state index contributed by atoms with van der Waals surface area (Å²) in [5.41, 5.74) is 6.53. The van der Waals surface area contributed by atoms with Gasteiger partial charge in [0.2, 0.25) is 0 Å². The highest BCUT2D eigenvalue weighted by Gasteiger charge is 2.18. The zero-order valence-corrected chi connectivity index (χ0v) is 28.9. The van der Waals surface area contributed by atoms with Crippen LogP contribution in [-0.4, -0.2) is 59.1 Å². The number of hydrogen-bond acceptors (Lipinski definition) is 6. The predicted molar refractivity (Wildman–Crippen MR) is 198 cm³/mol. The lowest BCUT2D eigenvalue weighted by Gasteiger charge is -2.12. The van der Waals surface area contributed by atoms with Crippen LogP contribution >= 0.6 is 23.5 Å². The lowest BCUT2D eigenvalue weighted by atomic mass is 10.0. The van der Waals surface area contributed by atoms with Gasteiger partial charge >= 0.3 is 11.9 Å². The van der Waals surface area contributed by atoms with Crippen LogP contribution in [0.3, 0.4) is 0 Å². The lowest BCUT2D eigenvalue weighted by molar-refractivity contribution is -0.150. The van der Waals surface area contributed by atoms with E-state index in [1.54, 1.807) is 37.4 Å². The number of carboxylic acid groups (broad SMARTS) is 2. The molecule has 0 radical (unpaired) electrons. The minimum atomic E-state index is -0.934. The van der Waals surface area contributed by atoms with Crippen LogP contribution in [0.4, 0.5) is 0 Å². The molecule has 4 rings (SSSR count). The van der Waals surface area contributed by atoms with E-state index in [4.69, 9.17) is 9.47 Å². The van der Waals surface area contributed by atoms with E-state index in [9.17, 15) is 19.8 Å². The third-order valence-electron chi connectivity index (χ3n) is 7.44. The van der Waals surface area contributed by atoms with E-state index < -0.39 is 24.1 Å². The first kappa shape index (κ1) is 36.8. The maximum absolute atomic E-state index is 11.3. The summed E-state index contributed by atoms with van der Waals surface area (Å²) in [7, 11) is 0. The maximum Gasteiger partial charge on any atom is 0.333 e. The van der Waals surface area contributed by atoms with E-state index in [1.165, 1.54) is 11.1 Å². The monoisotopic (exact) mass is 682 g/mol. The summed E-state index contributed by atoms with van der Waals surface area (Å²) in [6.45, 7) is 4.36. The molecule has 48 heavy (non-hydrogen) atoms. The first-order chi connectivity index (χ1) is 23.3. The minimum absolute atomic E-state index is 0.360. The molecule has 0 aliphatic rings. The summed E-state index contributed by atoms with van der Waals surface area (Å²) < 4.78 is 10.6. The van der Waals surface area contributed by atoms with Crippen molar-refractivity contribution < 1.29 is 29.3 Å². The van der Waals surface area contributed by atoms with Crippen LogP contribution in [0.2, 0.25) is 0 Å². The number of hydrogen-bond donors (Lipinski definition) is 2. The molecule has 0 saturated carbocycles. The number of carbonyl (C=O) groups is 2. The first-order valence-corrected chi connectivity index (χ1v) is 18.0. The van der Waals surface area contributed by atoms with E-state index in [0.717, 1.165) is 43.6 Å². The fourth-order valence-electron chi connectivity index (χ4n) is 4.94. The molecule has 6 nitrogen and oxygen atoms in total. The van der Waals surface area contributed by atoms with E-state index in [0.29, 0.717) is 26.1 Å². The van der Waals surface area contributed by atoms with Crippen molar-refractivity contribution in [1.29, 1.82) is 0 Å². The van der Waals surface area contributed by atoms with Crippen LogP contribution in [0.5, 0.6) is 0 Å². The molecule has 2 N–H and O–H groups in total. The molecule has 2 atom stereocenters. The minimum Gasteiger partial charge on any atom is -0.479 e. The molecule has 0 aliphatic carbocycles. The topological polar surface area (TPSA) is 93.1 Å². The van der Waals surface area contributed by atoms with Gasteiger partial charge in [-0.05, 0) is 71.5 Å². The highest BCUT2D eigenvalue weighted by molar-refractivity contribution is 7.99. The van der Waals surface area contributed by atoms with Gasteiger partial charge in [-0.2, -0.15) is 0 Å². The molecule has 0 aromatic heterocycles. The average Bonchev–Trinajstić information content (AvgIpc) is 3.10. The molecule has 0 heterocycles. The van der Waals surface area contributed by atoms with Gasteiger partial charge in [0.1, 0.15) is 0 Å². The molecular weight excluding hydrogens is 641 g/mol. The van der Waals surface area contributed by atoms with Crippen molar-refractivity contribution in [3.05, 3.63) is 131 Å². The van der Waals surface area contributed by atoms with Gasteiger partial charge in [0.25, 0.3) is 0 Å². The lowest BCUT2D eigenvalue weighted by Crippen LogP contribution is -2.26. The van der Waals surface area contributed by atoms with Gasteiger partial charge in [-0.25, -0.2) is 9.59 Å². The van der Waals surface area contributed by atoms with E-state index in [-0.39, 0.29) is 0 Å². The summed E-state index contributed by atoms with van der Waals surface area (Å²) in [4.78, 5) is 24.9. The van der Waals surface area contributed by atoms with E-state index in [1.807, 2.05) is 48.5 Å². The Morgan fingerprint density at radius 2 is 0.938 bits per heavy atom. The third kappa shape index (κ3) is 12.2. The Kier molecular flexibility index (Phi) is 15.1. The summed E-state index contributed by atoms with van der Waals surface area (Å²) in [5.74, 6) is -0.197. The van der Waals surface area contributed by atoms with E-state index in [2.05, 4.69) is 72.8 Å². The first-order valence-electron chi connectivity index (χ1n) is 16.0. The molecule has 0 fully saturated rings. The second-order valence-corrected chi connectivity index (χ2v) is 13.1. The van der Waals surface area contributed by atoms with Gasteiger partial charge in [-0.3, -0.25) is 0 Å². The zero-order valence-electron chi connectivity index (χ0n) is 27.3. The molecule has 0 saturated heterocycles. The zero-order chi connectivity index (χ0) is 34.1. The molecular formula is C40H42O6S2. The van der Waals surface area contributed by atoms with Crippen LogP contribution in [0.25, 0.3) is 23.3 Å². The molecule has 0 spiro atoms. The van der Waals surface area contributed by atoms with Crippen LogP contribution in [-0.2, 0) is 31.9 Å². The van der Waals surface area contributed by atoms with Crippen LogP contribution in [0.1, 0.15) is 36.1 Å². The fraction of sp³-hybridized carbons (Fsp3) is 0.250. The number of carboxylic acids is 2. The molecule has 0 bridgehead atoms. The highest BCUT2D eigenvalue weighted by atomic mass is 32.2. The molecule has 0 amide bonds. The van der Waals surface area contributed by atoms with Gasteiger partial charge < -0.3 is 19.7 Å². The van der Waals surface area contributed by atoms with Crippen molar-refractivity contribution in [3.8, 4) is 11.1 Å². The van der Waals surface area contributed by atoms with Gasteiger partial charge in [-0.15, -0.1) is 23.5 Å². The summed E-state index contributed by atoms with van der Waals surface area (Å²) in [5, 5.41) is 18.6. The number of thioether (sulfide) groups is 2. The van der Waals surface area contributed by atoms with Crippen LogP contribution in [0.15, 0.2) is 119 Å². The Morgan fingerprint density at radius 1 is 0.583 bits per heavy atom. The largest absolute Gasteiger partial charge is 0.479 e. The summed E-state index contributed by atoms with van der Waals surface area (Å²) in [6.07, 6.45) is 7.65. The van der Waals surface area contributed by atoms with Gasteiger partial charge in [-0.1, -0.05) is 97.1 Å². The summed E-state index contributed by atoms with van der Waals surface area (Å²) in [6, 6.07) is 33.1. The van der Waals surface area contributed by atoms with Crippen molar-refractivity contribution >= 4 is 47.6 Å². The van der Waals surface area contributed by atoms with Gasteiger partial charge in [0, 0.05) is 47.4 Å². The smallest absolute Gasteiger partial charge is 0.333 e.